The van der Waals surface area contributed by atoms with E-state index >= 15 is 0 Å². The molecular weight excluding hydrogens is 368 g/mol. The van der Waals surface area contributed by atoms with Crippen LogP contribution in [0.2, 0.25) is 0 Å². The Morgan fingerprint density at radius 2 is 1.48 bits per heavy atom. The summed E-state index contributed by atoms with van der Waals surface area (Å²) in [6.07, 6.45) is 3.22. The van der Waals surface area contributed by atoms with Gasteiger partial charge in [0.05, 0.1) is 5.56 Å². The maximum absolute atomic E-state index is 13.2. The highest BCUT2D eigenvalue weighted by atomic mass is 16.6. The van der Waals surface area contributed by atoms with E-state index < -0.39 is 23.1 Å². The number of esters is 2. The zero-order chi connectivity index (χ0) is 21.4. The molecule has 152 valence electrons. The molecule has 1 aromatic carbocycles. The van der Waals surface area contributed by atoms with Crippen molar-refractivity contribution >= 4 is 17.6 Å². The van der Waals surface area contributed by atoms with Gasteiger partial charge in [-0.2, -0.15) is 0 Å². The third-order valence-corrected chi connectivity index (χ3v) is 3.97. The molecule has 6 nitrogen and oxygen atoms in total. The number of ether oxygens (including phenoxy) is 2. The maximum atomic E-state index is 13.2. The average molecular weight is 394 g/mol. The first kappa shape index (κ1) is 20.6. The monoisotopic (exact) mass is 394 g/mol. The first-order valence-electron chi connectivity index (χ1n) is 9.48. The molecule has 0 radical (unpaired) electrons. The molecule has 0 aliphatic rings. The zero-order valence-corrected chi connectivity index (χ0v) is 17.6. The van der Waals surface area contributed by atoms with Crippen LogP contribution >= 0.6 is 0 Å². The Hall–Kier alpha value is -3.15. The van der Waals surface area contributed by atoms with Crippen molar-refractivity contribution in [1.29, 1.82) is 0 Å². The fourth-order valence-corrected chi connectivity index (χ4v) is 2.97. The minimum absolute atomic E-state index is 0.100. The Morgan fingerprint density at radius 3 is 2.07 bits per heavy atom. The van der Waals surface area contributed by atoms with Crippen molar-refractivity contribution in [3.05, 3.63) is 60.0 Å². The highest BCUT2D eigenvalue weighted by molar-refractivity contribution is 6.08. The van der Waals surface area contributed by atoms with Crippen LogP contribution in [0.1, 0.15) is 62.4 Å². The molecule has 6 heteroatoms. The first-order valence-corrected chi connectivity index (χ1v) is 9.48. The molecule has 0 saturated carbocycles. The van der Waals surface area contributed by atoms with Crippen molar-refractivity contribution in [2.24, 2.45) is 0 Å². The van der Waals surface area contributed by atoms with Crippen molar-refractivity contribution in [2.75, 3.05) is 0 Å². The van der Waals surface area contributed by atoms with Gasteiger partial charge >= 0.3 is 11.9 Å². The number of hydrogen-bond acceptors (Lipinski definition) is 5. The third-order valence-electron chi connectivity index (χ3n) is 3.97. The van der Waals surface area contributed by atoms with E-state index in [1.165, 1.54) is 0 Å². The van der Waals surface area contributed by atoms with Gasteiger partial charge in [-0.15, -0.1) is 0 Å². The molecule has 0 saturated heterocycles. The Kier molecular flexibility index (Phi) is 5.22. The number of hydrogen-bond donors (Lipinski definition) is 0. The second-order valence-corrected chi connectivity index (χ2v) is 8.81. The van der Waals surface area contributed by atoms with Crippen LogP contribution in [0.15, 0.2) is 48.8 Å². The summed E-state index contributed by atoms with van der Waals surface area (Å²) in [4.78, 5) is 30.7. The minimum Gasteiger partial charge on any atom is -0.456 e. The van der Waals surface area contributed by atoms with E-state index in [9.17, 15) is 9.59 Å². The molecule has 0 fully saturated rings. The van der Waals surface area contributed by atoms with Crippen LogP contribution in [0, 0.1) is 0 Å². The quantitative estimate of drug-likeness (QED) is 0.590. The SMILES string of the molecule is CC(C)(C)OC(=O)c1c(-c2ccccc2)cc2nccn2c1C(=O)OC(C)(C)C. The number of carbonyl (C=O) groups excluding carboxylic acids is 2. The summed E-state index contributed by atoms with van der Waals surface area (Å²) in [5.74, 6) is -1.20. The maximum Gasteiger partial charge on any atom is 0.356 e. The number of pyridine rings is 1. The van der Waals surface area contributed by atoms with Gasteiger partial charge < -0.3 is 9.47 Å². The molecule has 2 heterocycles. The van der Waals surface area contributed by atoms with E-state index in [0.29, 0.717) is 11.2 Å². The van der Waals surface area contributed by atoms with E-state index in [0.717, 1.165) is 5.56 Å². The zero-order valence-electron chi connectivity index (χ0n) is 17.6. The van der Waals surface area contributed by atoms with Crippen molar-refractivity contribution in [3.8, 4) is 11.1 Å². The minimum atomic E-state index is -0.724. The molecule has 29 heavy (non-hydrogen) atoms. The van der Waals surface area contributed by atoms with Crippen LogP contribution in [0.25, 0.3) is 16.8 Å². The Bertz CT molecular complexity index is 1050. The van der Waals surface area contributed by atoms with E-state index in [-0.39, 0.29) is 11.3 Å². The summed E-state index contributed by atoms with van der Waals surface area (Å²) in [5, 5.41) is 0. The molecular formula is C23H26N2O4. The molecule has 0 atom stereocenters. The van der Waals surface area contributed by atoms with Gasteiger partial charge in [0.15, 0.2) is 0 Å². The molecule has 0 unspecified atom stereocenters. The van der Waals surface area contributed by atoms with Crippen LogP contribution in [-0.2, 0) is 9.47 Å². The average Bonchev–Trinajstić information content (AvgIpc) is 3.06. The first-order chi connectivity index (χ1) is 13.5. The van der Waals surface area contributed by atoms with Crippen LogP contribution < -0.4 is 0 Å². The summed E-state index contributed by atoms with van der Waals surface area (Å²) >= 11 is 0. The Balaban J connectivity index is 2.33. The number of carbonyl (C=O) groups is 2. The smallest absolute Gasteiger partial charge is 0.356 e. The molecule has 2 aromatic heterocycles. The molecule has 3 rings (SSSR count). The molecule has 0 aliphatic carbocycles. The molecule has 3 aromatic rings. The number of benzene rings is 1. The lowest BCUT2D eigenvalue weighted by Crippen LogP contribution is -2.30. The second-order valence-electron chi connectivity index (χ2n) is 8.81. The number of nitrogens with zero attached hydrogens (tertiary/aromatic N) is 2. The molecule has 0 amide bonds. The fraction of sp³-hybridized carbons (Fsp3) is 0.348. The summed E-state index contributed by atoms with van der Waals surface area (Å²) in [5.41, 5.74) is 0.701. The number of fused-ring (bicyclic) bond motifs is 1. The van der Waals surface area contributed by atoms with Crippen LogP contribution in [0.3, 0.4) is 0 Å². The molecule has 0 aliphatic heterocycles. The van der Waals surface area contributed by atoms with E-state index in [1.54, 1.807) is 64.4 Å². The van der Waals surface area contributed by atoms with Crippen molar-refractivity contribution < 1.29 is 19.1 Å². The van der Waals surface area contributed by atoms with Gasteiger partial charge in [0, 0.05) is 18.0 Å². The summed E-state index contributed by atoms with van der Waals surface area (Å²) in [6, 6.07) is 11.2. The number of aromatic nitrogens is 2. The third kappa shape index (κ3) is 4.65. The predicted octanol–water partition coefficient (Wildman–Crippen LogP) is 4.91. The van der Waals surface area contributed by atoms with Crippen LogP contribution in [-0.4, -0.2) is 32.5 Å². The normalized spacial score (nSPS) is 12.1. The lowest BCUT2D eigenvalue weighted by molar-refractivity contribution is 0.00127. The number of rotatable bonds is 3. The summed E-state index contributed by atoms with van der Waals surface area (Å²) in [7, 11) is 0. The van der Waals surface area contributed by atoms with Crippen LogP contribution in [0.4, 0.5) is 0 Å². The van der Waals surface area contributed by atoms with E-state index in [4.69, 9.17) is 9.47 Å². The van der Waals surface area contributed by atoms with Gasteiger partial charge in [0.25, 0.3) is 0 Å². The van der Waals surface area contributed by atoms with Crippen LogP contribution in [0.5, 0.6) is 0 Å². The van der Waals surface area contributed by atoms with E-state index in [1.807, 2.05) is 30.3 Å². The number of imidazole rings is 1. The van der Waals surface area contributed by atoms with Gasteiger partial charge in [-0.25, -0.2) is 14.6 Å². The van der Waals surface area contributed by atoms with Crippen molar-refractivity contribution in [3.63, 3.8) is 0 Å². The van der Waals surface area contributed by atoms with Gasteiger partial charge in [0.1, 0.15) is 22.5 Å². The van der Waals surface area contributed by atoms with Crippen molar-refractivity contribution in [2.45, 2.75) is 52.7 Å². The Labute approximate surface area is 170 Å². The van der Waals surface area contributed by atoms with Crippen molar-refractivity contribution in [1.82, 2.24) is 9.38 Å². The summed E-state index contributed by atoms with van der Waals surface area (Å²) < 4.78 is 12.8. The van der Waals surface area contributed by atoms with Gasteiger partial charge in [0.2, 0.25) is 0 Å². The second kappa shape index (κ2) is 7.35. The molecule has 0 N–H and O–H groups in total. The lowest BCUT2D eigenvalue weighted by Gasteiger charge is -2.24. The van der Waals surface area contributed by atoms with Gasteiger partial charge in [-0.05, 0) is 53.2 Å². The highest BCUT2D eigenvalue weighted by Gasteiger charge is 2.32. The van der Waals surface area contributed by atoms with Gasteiger partial charge in [-0.3, -0.25) is 4.40 Å². The molecule has 0 spiro atoms. The topological polar surface area (TPSA) is 69.9 Å². The van der Waals surface area contributed by atoms with Gasteiger partial charge in [-0.1, -0.05) is 30.3 Å². The Morgan fingerprint density at radius 1 is 0.897 bits per heavy atom. The highest BCUT2D eigenvalue weighted by Crippen LogP contribution is 2.31. The standard InChI is InChI=1S/C23H26N2O4/c1-22(2,3)28-20(26)18-16(15-10-8-7-9-11-15)14-17-24-12-13-25(17)19(18)21(27)29-23(4,5)6/h7-14H,1-6H3. The summed E-state index contributed by atoms with van der Waals surface area (Å²) in [6.45, 7) is 10.7. The largest absolute Gasteiger partial charge is 0.456 e. The predicted molar refractivity (Wildman–Crippen MR) is 111 cm³/mol. The lowest BCUT2D eigenvalue weighted by atomic mass is 9.98. The fourth-order valence-electron chi connectivity index (χ4n) is 2.97. The van der Waals surface area contributed by atoms with E-state index in [2.05, 4.69) is 4.98 Å². The molecule has 0 bridgehead atoms.